The second-order valence-corrected chi connectivity index (χ2v) is 4.92. The van der Waals surface area contributed by atoms with Crippen LogP contribution in [0.2, 0.25) is 0 Å². The summed E-state index contributed by atoms with van der Waals surface area (Å²) in [6.07, 6.45) is 2.57. The molecule has 5 nitrogen and oxygen atoms in total. The maximum absolute atomic E-state index is 11.5. The summed E-state index contributed by atoms with van der Waals surface area (Å²) >= 11 is 0. The van der Waals surface area contributed by atoms with Crippen LogP contribution in [0.25, 0.3) is 10.9 Å². The number of nitro groups is 1. The Kier molecular flexibility index (Phi) is 4.29. The van der Waals surface area contributed by atoms with Crippen molar-refractivity contribution >= 4 is 16.6 Å². The summed E-state index contributed by atoms with van der Waals surface area (Å²) in [5.74, 6) is 0.0648. The molecule has 5 heteroatoms. The first-order valence-corrected chi connectivity index (χ1v) is 6.79. The van der Waals surface area contributed by atoms with Gasteiger partial charge in [0.1, 0.15) is 0 Å². The van der Waals surface area contributed by atoms with Crippen molar-refractivity contribution in [1.29, 1.82) is 0 Å². The highest BCUT2D eigenvalue weighted by Crippen LogP contribution is 2.35. The molecule has 20 heavy (non-hydrogen) atoms. The Morgan fingerprint density at radius 1 is 1.40 bits per heavy atom. The number of fused-ring (bicyclic) bond motifs is 1. The minimum Gasteiger partial charge on any atom is -0.316 e. The Labute approximate surface area is 118 Å². The van der Waals surface area contributed by atoms with E-state index in [4.69, 9.17) is 0 Å². The number of nitrogens with one attached hydrogen (secondary N) is 1. The number of nitro benzene ring substituents is 1. The van der Waals surface area contributed by atoms with Gasteiger partial charge in [-0.3, -0.25) is 15.1 Å². The predicted molar refractivity (Wildman–Crippen MR) is 80.0 cm³/mol. The van der Waals surface area contributed by atoms with Gasteiger partial charge in [-0.05, 0) is 37.7 Å². The van der Waals surface area contributed by atoms with Gasteiger partial charge in [-0.2, -0.15) is 0 Å². The fraction of sp³-hybridized carbons (Fsp3) is 0.400. The van der Waals surface area contributed by atoms with Gasteiger partial charge in [0.05, 0.1) is 15.8 Å². The van der Waals surface area contributed by atoms with Gasteiger partial charge in [0.2, 0.25) is 0 Å². The Morgan fingerprint density at radius 2 is 2.15 bits per heavy atom. The maximum atomic E-state index is 11.5. The van der Waals surface area contributed by atoms with E-state index in [1.54, 1.807) is 18.3 Å². The molecule has 1 aromatic heterocycles. The number of pyridine rings is 1. The first kappa shape index (κ1) is 14.4. The second kappa shape index (κ2) is 5.96. The van der Waals surface area contributed by atoms with Crippen LogP contribution >= 0.6 is 0 Å². The van der Waals surface area contributed by atoms with Crippen molar-refractivity contribution in [2.24, 2.45) is 0 Å². The van der Waals surface area contributed by atoms with E-state index in [1.165, 1.54) is 0 Å². The lowest BCUT2D eigenvalue weighted by Gasteiger charge is -2.22. The molecule has 0 saturated heterocycles. The van der Waals surface area contributed by atoms with Gasteiger partial charge < -0.3 is 5.32 Å². The summed E-state index contributed by atoms with van der Waals surface area (Å²) in [5.41, 5.74) is 1.60. The molecule has 0 amide bonds. The number of hydrogen-bond donors (Lipinski definition) is 1. The van der Waals surface area contributed by atoms with Crippen LogP contribution in [0.1, 0.15) is 31.7 Å². The highest BCUT2D eigenvalue weighted by Gasteiger charge is 2.26. The van der Waals surface area contributed by atoms with Crippen molar-refractivity contribution < 1.29 is 4.92 Å². The van der Waals surface area contributed by atoms with Crippen molar-refractivity contribution in [2.75, 3.05) is 7.05 Å². The van der Waals surface area contributed by atoms with E-state index in [0.717, 1.165) is 12.0 Å². The van der Waals surface area contributed by atoms with E-state index in [1.807, 2.05) is 26.1 Å². The van der Waals surface area contributed by atoms with Gasteiger partial charge in [-0.1, -0.05) is 13.8 Å². The predicted octanol–water partition coefficient (Wildman–Crippen LogP) is 3.24. The molecule has 0 aliphatic heterocycles. The third-order valence-electron chi connectivity index (χ3n) is 3.88. The van der Waals surface area contributed by atoms with E-state index < -0.39 is 0 Å². The molecule has 2 aromatic rings. The van der Waals surface area contributed by atoms with Crippen LogP contribution in [0, 0.1) is 10.1 Å². The van der Waals surface area contributed by atoms with Crippen LogP contribution in [0.15, 0.2) is 30.5 Å². The molecule has 1 heterocycles. The summed E-state index contributed by atoms with van der Waals surface area (Å²) in [5, 5.41) is 15.3. The van der Waals surface area contributed by atoms with E-state index in [-0.39, 0.29) is 22.6 Å². The van der Waals surface area contributed by atoms with Crippen LogP contribution in [-0.4, -0.2) is 23.0 Å². The molecule has 1 aromatic carbocycles. The number of likely N-dealkylation sites (N-methyl/N-ethyl adjacent to an activating group) is 1. The third-order valence-corrected chi connectivity index (χ3v) is 3.88. The van der Waals surface area contributed by atoms with Crippen LogP contribution < -0.4 is 5.32 Å². The van der Waals surface area contributed by atoms with Gasteiger partial charge in [-0.25, -0.2) is 0 Å². The number of benzene rings is 1. The molecular weight excluding hydrogens is 254 g/mol. The fourth-order valence-electron chi connectivity index (χ4n) is 2.75. The molecule has 1 N–H and O–H groups in total. The first-order chi connectivity index (χ1) is 9.60. The molecule has 0 spiro atoms. The quantitative estimate of drug-likeness (QED) is 0.670. The second-order valence-electron chi connectivity index (χ2n) is 4.92. The Morgan fingerprint density at radius 3 is 2.75 bits per heavy atom. The summed E-state index contributed by atoms with van der Waals surface area (Å²) in [7, 11) is 1.89. The van der Waals surface area contributed by atoms with E-state index in [9.17, 15) is 10.1 Å². The van der Waals surface area contributed by atoms with Gasteiger partial charge in [0.25, 0.3) is 5.69 Å². The van der Waals surface area contributed by atoms with Crippen molar-refractivity contribution in [1.82, 2.24) is 10.3 Å². The average molecular weight is 273 g/mol. The molecule has 2 unspecified atom stereocenters. The highest BCUT2D eigenvalue weighted by molar-refractivity contribution is 5.89. The lowest BCUT2D eigenvalue weighted by atomic mass is 9.89. The lowest BCUT2D eigenvalue weighted by Crippen LogP contribution is -2.30. The zero-order valence-corrected chi connectivity index (χ0v) is 12.0. The number of rotatable bonds is 5. The molecule has 0 aliphatic rings. The van der Waals surface area contributed by atoms with Gasteiger partial charge in [0, 0.05) is 23.7 Å². The van der Waals surface area contributed by atoms with E-state index >= 15 is 0 Å². The molecule has 0 radical (unpaired) electrons. The summed E-state index contributed by atoms with van der Waals surface area (Å²) < 4.78 is 0. The largest absolute Gasteiger partial charge is 0.316 e. The maximum Gasteiger partial charge on any atom is 0.282 e. The number of aromatic nitrogens is 1. The fourth-order valence-corrected chi connectivity index (χ4v) is 2.75. The van der Waals surface area contributed by atoms with Crippen molar-refractivity contribution in [2.45, 2.75) is 32.2 Å². The molecule has 0 bridgehead atoms. The van der Waals surface area contributed by atoms with Crippen LogP contribution in [0.3, 0.4) is 0 Å². The zero-order valence-electron chi connectivity index (χ0n) is 12.0. The normalized spacial score (nSPS) is 14.2. The van der Waals surface area contributed by atoms with Gasteiger partial charge >= 0.3 is 0 Å². The SMILES string of the molecule is CCC(NC)C(C)c1ccc2ncccc2c1[N+](=O)[O-]. The summed E-state index contributed by atoms with van der Waals surface area (Å²) in [4.78, 5) is 15.4. The topological polar surface area (TPSA) is 68.1 Å². The molecule has 0 fully saturated rings. The molecular formula is C15H19N3O2. The van der Waals surface area contributed by atoms with Crippen molar-refractivity contribution in [3.63, 3.8) is 0 Å². The molecule has 2 rings (SSSR count). The van der Waals surface area contributed by atoms with Gasteiger partial charge in [0.15, 0.2) is 0 Å². The third kappa shape index (κ3) is 2.49. The smallest absolute Gasteiger partial charge is 0.282 e. The zero-order chi connectivity index (χ0) is 14.7. The van der Waals surface area contributed by atoms with Gasteiger partial charge in [-0.15, -0.1) is 0 Å². The Bertz CT molecular complexity index is 624. The minimum atomic E-state index is -0.293. The minimum absolute atomic E-state index is 0.0648. The Balaban J connectivity index is 2.64. The molecule has 106 valence electrons. The average Bonchev–Trinajstić information content (AvgIpc) is 2.46. The van der Waals surface area contributed by atoms with Crippen molar-refractivity contribution in [3.8, 4) is 0 Å². The number of nitrogens with zero attached hydrogens (tertiary/aromatic N) is 2. The van der Waals surface area contributed by atoms with E-state index in [0.29, 0.717) is 10.9 Å². The number of hydrogen-bond acceptors (Lipinski definition) is 4. The van der Waals surface area contributed by atoms with Crippen LogP contribution in [0.4, 0.5) is 5.69 Å². The monoisotopic (exact) mass is 273 g/mol. The summed E-state index contributed by atoms with van der Waals surface area (Å²) in [6.45, 7) is 4.10. The Hall–Kier alpha value is -2.01. The van der Waals surface area contributed by atoms with E-state index in [2.05, 4.69) is 17.2 Å². The summed E-state index contributed by atoms with van der Waals surface area (Å²) in [6, 6.07) is 7.40. The lowest BCUT2D eigenvalue weighted by molar-refractivity contribution is -0.383. The molecule has 2 atom stereocenters. The van der Waals surface area contributed by atoms with Crippen LogP contribution in [0.5, 0.6) is 0 Å². The molecule has 0 aliphatic carbocycles. The van der Waals surface area contributed by atoms with Crippen molar-refractivity contribution in [3.05, 3.63) is 46.1 Å². The first-order valence-electron chi connectivity index (χ1n) is 6.79. The van der Waals surface area contributed by atoms with Crippen LogP contribution in [-0.2, 0) is 0 Å². The standard InChI is InChI=1S/C15H19N3O2/c1-4-13(16-3)10(2)11-7-8-14-12(6-5-9-17-14)15(11)18(19)20/h5-10,13,16H,4H2,1-3H3. The molecule has 0 saturated carbocycles. The highest BCUT2D eigenvalue weighted by atomic mass is 16.6.